The Kier molecular flexibility index (Phi) is 10.8. The average molecular weight is 651 g/mol. The normalized spacial score (nSPS) is 18.2. The number of hydrogen-bond donors (Lipinski definition) is 2. The Balaban J connectivity index is 1.62. The van der Waals surface area contributed by atoms with E-state index in [9.17, 15) is 18.3 Å². The van der Waals surface area contributed by atoms with Crippen LogP contribution < -0.4 is 14.2 Å². The Labute approximate surface area is 263 Å². The first kappa shape index (κ1) is 32.9. The Morgan fingerprint density at radius 3 is 2.49 bits per heavy atom. The van der Waals surface area contributed by atoms with Crippen molar-refractivity contribution in [2.75, 3.05) is 38.6 Å². The van der Waals surface area contributed by atoms with Crippen molar-refractivity contribution >= 4 is 44.8 Å². The Morgan fingerprint density at radius 2 is 1.84 bits per heavy atom. The molecule has 3 atom stereocenters. The van der Waals surface area contributed by atoms with Crippen molar-refractivity contribution in [3.8, 4) is 11.5 Å². The average Bonchev–Trinajstić information content (AvgIpc) is 3.01. The lowest BCUT2D eigenvalue weighted by atomic mass is 10.0. The molecule has 1 amide bonds. The van der Waals surface area contributed by atoms with Crippen LogP contribution in [-0.4, -0.2) is 75.2 Å². The van der Waals surface area contributed by atoms with Gasteiger partial charge in [-0.15, -0.1) is 0 Å². The lowest BCUT2D eigenvalue weighted by Gasteiger charge is -2.34. The van der Waals surface area contributed by atoms with Crippen LogP contribution >= 0.6 is 23.2 Å². The Morgan fingerprint density at radius 1 is 1.12 bits per heavy atom. The van der Waals surface area contributed by atoms with E-state index in [0.717, 1.165) is 5.56 Å². The summed E-state index contributed by atoms with van der Waals surface area (Å²) in [6, 6.07) is 16.1. The van der Waals surface area contributed by atoms with Crippen LogP contribution in [0.25, 0.3) is 0 Å². The Hall–Kier alpha value is -3.02. The molecule has 1 aliphatic rings. The van der Waals surface area contributed by atoms with E-state index in [4.69, 9.17) is 32.7 Å². The van der Waals surface area contributed by atoms with Crippen molar-refractivity contribution < 1.29 is 27.8 Å². The second-order valence-corrected chi connectivity index (χ2v) is 13.4. The molecule has 3 aromatic rings. The first-order valence-electron chi connectivity index (χ1n) is 13.9. The number of rotatable bonds is 10. The molecule has 1 heterocycles. The lowest BCUT2D eigenvalue weighted by molar-refractivity contribution is -0.134. The molecule has 3 aromatic carbocycles. The minimum absolute atomic E-state index is 0.0175. The molecule has 0 aromatic heterocycles. The van der Waals surface area contributed by atoms with Gasteiger partial charge in [0.2, 0.25) is 5.91 Å². The van der Waals surface area contributed by atoms with Gasteiger partial charge in [0.1, 0.15) is 17.6 Å². The monoisotopic (exact) mass is 649 g/mol. The number of hydrogen-bond acceptors (Lipinski definition) is 7. The molecule has 2 N–H and O–H groups in total. The number of likely N-dealkylation sites (N-methyl/N-ethyl adjacent to an activating group) is 1. The molecule has 0 aliphatic carbocycles. The van der Waals surface area contributed by atoms with Crippen LogP contribution in [0.3, 0.4) is 0 Å². The number of aliphatic hydroxyl groups is 1. The molecule has 0 saturated heterocycles. The zero-order chi connectivity index (χ0) is 31.3. The number of sulfonamides is 1. The summed E-state index contributed by atoms with van der Waals surface area (Å²) < 4.78 is 40.5. The highest BCUT2D eigenvalue weighted by Gasteiger charge is 2.31. The topological polar surface area (TPSA) is 108 Å². The number of amides is 1. The van der Waals surface area contributed by atoms with Crippen LogP contribution in [0.15, 0.2) is 65.6 Å². The fourth-order valence-electron chi connectivity index (χ4n) is 5.00. The van der Waals surface area contributed by atoms with Gasteiger partial charge >= 0.3 is 0 Å². The van der Waals surface area contributed by atoms with E-state index >= 15 is 0 Å². The molecule has 12 heteroatoms. The third kappa shape index (κ3) is 8.33. The number of fused-ring (bicyclic) bond motifs is 1. The van der Waals surface area contributed by atoms with Gasteiger partial charge in [-0.3, -0.25) is 14.4 Å². The predicted molar refractivity (Wildman–Crippen MR) is 169 cm³/mol. The number of carbonyl (C=O) groups excluding carboxylic acids is 1. The maximum Gasteiger partial charge on any atom is 0.261 e. The van der Waals surface area contributed by atoms with Gasteiger partial charge in [0.15, 0.2) is 0 Å². The molecular weight excluding hydrogens is 613 g/mol. The van der Waals surface area contributed by atoms with Crippen LogP contribution in [0.4, 0.5) is 5.69 Å². The SMILES string of the molecule is COc1ccc(S(=O)(=O)Nc2ccc3c(c2)CC(=O)N([C@@H](C)CO)C[C@H](C)[C@@H](CN(C)Cc2ccc(Cl)c(Cl)c2)O3)cc1. The number of aliphatic hydroxyl groups excluding tert-OH is 1. The van der Waals surface area contributed by atoms with Crippen LogP contribution in [0.2, 0.25) is 10.0 Å². The van der Waals surface area contributed by atoms with Crippen LogP contribution in [0.5, 0.6) is 11.5 Å². The smallest absolute Gasteiger partial charge is 0.261 e. The van der Waals surface area contributed by atoms with E-state index in [-0.39, 0.29) is 35.9 Å². The van der Waals surface area contributed by atoms with Crippen LogP contribution in [0.1, 0.15) is 25.0 Å². The number of nitrogens with zero attached hydrogens (tertiary/aromatic N) is 2. The number of carbonyl (C=O) groups is 1. The van der Waals surface area contributed by atoms with E-state index in [1.54, 1.807) is 48.2 Å². The fourth-order valence-corrected chi connectivity index (χ4v) is 6.37. The molecule has 0 bridgehead atoms. The predicted octanol–water partition coefficient (Wildman–Crippen LogP) is 5.08. The van der Waals surface area contributed by atoms with Crippen LogP contribution in [0, 0.1) is 5.92 Å². The van der Waals surface area contributed by atoms with Gasteiger partial charge in [-0.05, 0) is 74.1 Å². The molecule has 4 rings (SSSR count). The van der Waals surface area contributed by atoms with Crippen molar-refractivity contribution in [3.63, 3.8) is 0 Å². The molecule has 43 heavy (non-hydrogen) atoms. The van der Waals surface area contributed by atoms with Gasteiger partial charge in [0.25, 0.3) is 10.0 Å². The van der Waals surface area contributed by atoms with Crippen molar-refractivity contribution in [1.82, 2.24) is 9.80 Å². The lowest BCUT2D eigenvalue weighted by Crippen LogP contribution is -2.47. The standard InChI is InChI=1S/C31H37Cl2N3O6S/c1-20-16-36(21(2)19-37)31(38)15-23-14-24(34-43(39,40)26-9-7-25(41-4)8-10-26)6-12-29(23)42-30(20)18-35(3)17-22-5-11-27(32)28(33)13-22/h5-14,20-21,30,34,37H,15-19H2,1-4H3/t20-,21-,30+/m0/s1. The maximum absolute atomic E-state index is 13.5. The molecule has 1 aliphatic heterocycles. The Bertz CT molecular complexity index is 1540. The first-order chi connectivity index (χ1) is 20.4. The van der Waals surface area contributed by atoms with Crippen molar-refractivity contribution in [2.45, 2.75) is 43.9 Å². The van der Waals surface area contributed by atoms with E-state index in [0.29, 0.717) is 52.4 Å². The third-order valence-corrected chi connectivity index (χ3v) is 9.60. The second-order valence-electron chi connectivity index (χ2n) is 10.9. The molecule has 0 radical (unpaired) electrons. The summed E-state index contributed by atoms with van der Waals surface area (Å²) in [6.45, 7) is 5.15. The van der Waals surface area contributed by atoms with Gasteiger partial charge in [0, 0.05) is 36.8 Å². The number of ether oxygens (including phenoxy) is 2. The van der Waals surface area contributed by atoms with E-state index < -0.39 is 16.1 Å². The quantitative estimate of drug-likeness (QED) is 0.315. The summed E-state index contributed by atoms with van der Waals surface area (Å²) in [5.74, 6) is 0.769. The van der Waals surface area contributed by atoms with Crippen LogP contribution in [-0.2, 0) is 27.8 Å². The van der Waals surface area contributed by atoms with Gasteiger partial charge in [-0.1, -0.05) is 36.2 Å². The van der Waals surface area contributed by atoms with Crippen molar-refractivity contribution in [2.24, 2.45) is 5.92 Å². The summed E-state index contributed by atoms with van der Waals surface area (Å²) in [6.07, 6.45) is -0.344. The molecule has 232 valence electrons. The molecule has 9 nitrogen and oxygen atoms in total. The van der Waals surface area contributed by atoms with Gasteiger partial charge < -0.3 is 19.5 Å². The minimum atomic E-state index is -3.90. The highest BCUT2D eigenvalue weighted by Crippen LogP contribution is 2.31. The summed E-state index contributed by atoms with van der Waals surface area (Å²) in [5.41, 5.74) is 1.84. The highest BCUT2D eigenvalue weighted by atomic mass is 35.5. The summed E-state index contributed by atoms with van der Waals surface area (Å²) in [7, 11) is -0.419. The molecule has 0 unspecified atom stereocenters. The fraction of sp³-hybridized carbons (Fsp3) is 0.387. The number of benzene rings is 3. The summed E-state index contributed by atoms with van der Waals surface area (Å²) >= 11 is 12.3. The molecule has 0 saturated carbocycles. The summed E-state index contributed by atoms with van der Waals surface area (Å²) in [5, 5.41) is 10.9. The molecular formula is C31H37Cl2N3O6S. The van der Waals surface area contributed by atoms with Gasteiger partial charge in [-0.2, -0.15) is 0 Å². The van der Waals surface area contributed by atoms with E-state index in [2.05, 4.69) is 9.62 Å². The number of methoxy groups -OCH3 is 1. The molecule has 0 spiro atoms. The van der Waals surface area contributed by atoms with Crippen molar-refractivity contribution in [1.29, 1.82) is 0 Å². The minimum Gasteiger partial charge on any atom is -0.497 e. The van der Waals surface area contributed by atoms with Gasteiger partial charge in [0.05, 0.1) is 41.1 Å². The van der Waals surface area contributed by atoms with E-state index in [1.165, 1.54) is 19.2 Å². The van der Waals surface area contributed by atoms with E-state index in [1.807, 2.05) is 26.1 Å². The molecule has 0 fully saturated rings. The third-order valence-electron chi connectivity index (χ3n) is 7.47. The highest BCUT2D eigenvalue weighted by molar-refractivity contribution is 7.92. The number of anilines is 1. The zero-order valence-corrected chi connectivity index (χ0v) is 26.9. The zero-order valence-electron chi connectivity index (χ0n) is 24.6. The second kappa shape index (κ2) is 14.2. The van der Waals surface area contributed by atoms with Crippen molar-refractivity contribution in [3.05, 3.63) is 81.8 Å². The maximum atomic E-state index is 13.5. The summed E-state index contributed by atoms with van der Waals surface area (Å²) in [4.78, 5) is 17.4. The number of nitrogens with one attached hydrogen (secondary N) is 1. The largest absolute Gasteiger partial charge is 0.497 e. The first-order valence-corrected chi connectivity index (χ1v) is 16.1. The number of halogens is 2. The van der Waals surface area contributed by atoms with Gasteiger partial charge in [-0.25, -0.2) is 8.42 Å².